The molecule has 32 heavy (non-hydrogen) atoms. The summed E-state index contributed by atoms with van der Waals surface area (Å²) in [6.07, 6.45) is 2.02. The van der Waals surface area contributed by atoms with Gasteiger partial charge in [0.1, 0.15) is 11.8 Å². The molecule has 0 saturated carbocycles. The second kappa shape index (κ2) is 8.01. The Balaban J connectivity index is 1.68. The maximum absolute atomic E-state index is 11.5. The van der Waals surface area contributed by atoms with Crippen molar-refractivity contribution in [2.75, 3.05) is 0 Å². The van der Waals surface area contributed by atoms with E-state index < -0.39 is 6.10 Å². The van der Waals surface area contributed by atoms with Gasteiger partial charge in [-0.1, -0.05) is 55.5 Å². The third kappa shape index (κ3) is 3.36. The molecule has 5 rings (SSSR count). The predicted octanol–water partition coefficient (Wildman–Crippen LogP) is 4.44. The Labute approximate surface area is 185 Å². The number of nitrogens with zero attached hydrogens (tertiary/aromatic N) is 5. The van der Waals surface area contributed by atoms with Crippen molar-refractivity contribution in [1.82, 2.24) is 30.0 Å². The topological polar surface area (TPSA) is 92.0 Å². The van der Waals surface area contributed by atoms with E-state index in [1.807, 2.05) is 73.0 Å². The lowest BCUT2D eigenvalue weighted by Crippen LogP contribution is -2.09. The van der Waals surface area contributed by atoms with Gasteiger partial charge in [0.2, 0.25) is 5.82 Å². The van der Waals surface area contributed by atoms with E-state index in [-0.39, 0.29) is 0 Å². The fraction of sp³-hybridized carbons (Fsp3) is 0.200. The van der Waals surface area contributed by atoms with Crippen LogP contribution in [0.2, 0.25) is 0 Å². The molecule has 7 nitrogen and oxygen atoms in total. The molecule has 0 saturated heterocycles. The largest absolute Gasteiger partial charge is 0.382 e. The van der Waals surface area contributed by atoms with Crippen LogP contribution in [-0.4, -0.2) is 35.1 Å². The van der Waals surface area contributed by atoms with Crippen molar-refractivity contribution in [2.24, 2.45) is 0 Å². The van der Waals surface area contributed by atoms with Crippen LogP contribution in [-0.2, 0) is 6.42 Å². The molecule has 0 amide bonds. The van der Waals surface area contributed by atoms with Crippen LogP contribution in [0.1, 0.15) is 41.1 Å². The van der Waals surface area contributed by atoms with Gasteiger partial charge < -0.3 is 9.51 Å². The number of rotatable bonds is 5. The van der Waals surface area contributed by atoms with Crippen LogP contribution < -0.4 is 0 Å². The quantitative estimate of drug-likeness (QED) is 0.435. The highest BCUT2D eigenvalue weighted by Crippen LogP contribution is 2.35. The van der Waals surface area contributed by atoms with Crippen molar-refractivity contribution in [1.29, 1.82) is 0 Å². The van der Waals surface area contributed by atoms with E-state index in [1.165, 1.54) is 0 Å². The van der Waals surface area contributed by atoms with Gasteiger partial charge in [-0.05, 0) is 59.4 Å². The number of fused-ring (bicyclic) bond motifs is 1. The lowest BCUT2D eigenvalue weighted by molar-refractivity contribution is 0.213. The van der Waals surface area contributed by atoms with Crippen LogP contribution in [0, 0.1) is 13.8 Å². The zero-order valence-electron chi connectivity index (χ0n) is 18.2. The first-order valence-electron chi connectivity index (χ1n) is 10.7. The Morgan fingerprint density at radius 3 is 2.53 bits per heavy atom. The van der Waals surface area contributed by atoms with Crippen molar-refractivity contribution in [2.45, 2.75) is 33.3 Å². The van der Waals surface area contributed by atoms with E-state index in [9.17, 15) is 5.11 Å². The third-order valence-electron chi connectivity index (χ3n) is 5.86. The maximum Gasteiger partial charge on any atom is 0.205 e. The minimum absolute atomic E-state index is 0.486. The summed E-state index contributed by atoms with van der Waals surface area (Å²) in [7, 11) is 0. The monoisotopic (exact) mass is 424 g/mol. The van der Waals surface area contributed by atoms with E-state index in [2.05, 4.69) is 33.6 Å². The first-order chi connectivity index (χ1) is 15.6. The summed E-state index contributed by atoms with van der Waals surface area (Å²) in [6.45, 7) is 6.16. The van der Waals surface area contributed by atoms with Crippen molar-refractivity contribution in [3.63, 3.8) is 0 Å². The number of aryl methyl sites for hydroxylation is 3. The van der Waals surface area contributed by atoms with Crippen molar-refractivity contribution in [3.8, 4) is 22.5 Å². The van der Waals surface area contributed by atoms with Gasteiger partial charge in [0.15, 0.2) is 0 Å². The fourth-order valence-corrected chi connectivity index (χ4v) is 4.28. The first kappa shape index (κ1) is 20.1. The zero-order valence-corrected chi connectivity index (χ0v) is 18.2. The smallest absolute Gasteiger partial charge is 0.205 e. The zero-order chi connectivity index (χ0) is 22.2. The molecular weight excluding hydrogens is 400 g/mol. The normalized spacial score (nSPS) is 12.4. The van der Waals surface area contributed by atoms with E-state index in [1.54, 1.807) is 0 Å². The highest BCUT2D eigenvalue weighted by Gasteiger charge is 2.21. The SMILES string of the molecule is CCc1cn2c(C(O)c3ccc(-c4ccccc4)c(-c4nn[nH]n4)c3)c(C)cc(C)c2n1. The number of benzene rings is 2. The predicted molar refractivity (Wildman–Crippen MR) is 123 cm³/mol. The van der Waals surface area contributed by atoms with Crippen LogP contribution in [0.3, 0.4) is 0 Å². The molecule has 2 N–H and O–H groups in total. The van der Waals surface area contributed by atoms with Gasteiger partial charge in [-0.15, -0.1) is 10.2 Å². The number of imidazole rings is 1. The molecule has 1 unspecified atom stereocenters. The number of hydrogen-bond donors (Lipinski definition) is 2. The van der Waals surface area contributed by atoms with Gasteiger partial charge in [0, 0.05) is 11.8 Å². The van der Waals surface area contributed by atoms with E-state index in [4.69, 9.17) is 4.98 Å². The van der Waals surface area contributed by atoms with Crippen molar-refractivity contribution < 1.29 is 5.11 Å². The van der Waals surface area contributed by atoms with E-state index >= 15 is 0 Å². The summed E-state index contributed by atoms with van der Waals surface area (Å²) in [4.78, 5) is 4.74. The first-order valence-corrected chi connectivity index (χ1v) is 10.7. The average Bonchev–Trinajstić information content (AvgIpc) is 3.50. The van der Waals surface area contributed by atoms with Gasteiger partial charge in [-0.3, -0.25) is 0 Å². The third-order valence-corrected chi connectivity index (χ3v) is 5.86. The molecule has 1 atom stereocenters. The molecule has 7 heteroatoms. The molecule has 160 valence electrons. The molecule has 0 aliphatic heterocycles. The molecule has 0 fully saturated rings. The molecule has 0 radical (unpaired) electrons. The Hall–Kier alpha value is -3.84. The number of tetrazole rings is 1. The van der Waals surface area contributed by atoms with E-state index in [0.717, 1.165) is 56.8 Å². The number of aromatic nitrogens is 6. The highest BCUT2D eigenvalue weighted by molar-refractivity contribution is 5.81. The average molecular weight is 425 g/mol. The molecule has 0 bridgehead atoms. The van der Waals surface area contributed by atoms with Crippen LogP contribution in [0.5, 0.6) is 0 Å². The number of hydrogen-bond acceptors (Lipinski definition) is 5. The van der Waals surface area contributed by atoms with Gasteiger partial charge in [0.05, 0.1) is 11.4 Å². The van der Waals surface area contributed by atoms with Gasteiger partial charge >= 0.3 is 0 Å². The molecule has 0 aliphatic carbocycles. The summed E-state index contributed by atoms with van der Waals surface area (Å²) in [5.41, 5.74) is 8.37. The number of pyridine rings is 1. The molecule has 3 heterocycles. The summed E-state index contributed by atoms with van der Waals surface area (Å²) in [6, 6.07) is 18.0. The lowest BCUT2D eigenvalue weighted by Gasteiger charge is -2.19. The van der Waals surface area contributed by atoms with Gasteiger partial charge in [0.25, 0.3) is 0 Å². The summed E-state index contributed by atoms with van der Waals surface area (Å²) < 4.78 is 2.02. The highest BCUT2D eigenvalue weighted by atomic mass is 16.3. The minimum atomic E-state index is -0.840. The number of aromatic amines is 1. The number of aliphatic hydroxyl groups is 1. The van der Waals surface area contributed by atoms with Crippen molar-refractivity contribution >= 4 is 5.65 Å². The van der Waals surface area contributed by atoms with Crippen LogP contribution >= 0.6 is 0 Å². The molecule has 0 aliphatic rings. The second-order valence-electron chi connectivity index (χ2n) is 7.98. The summed E-state index contributed by atoms with van der Waals surface area (Å²) in [5.74, 6) is 0.486. The summed E-state index contributed by atoms with van der Waals surface area (Å²) >= 11 is 0. The molecule has 3 aromatic heterocycles. The van der Waals surface area contributed by atoms with Crippen molar-refractivity contribution in [3.05, 3.63) is 88.9 Å². The standard InChI is InChI=1S/C25H24N6O/c1-4-19-14-31-22(15(2)12-16(3)25(31)26-19)23(32)18-10-11-20(17-8-6-5-7-9-17)21(13-18)24-27-29-30-28-24/h5-14,23,32H,4H2,1-3H3,(H,27,28,29,30). The maximum atomic E-state index is 11.5. The summed E-state index contributed by atoms with van der Waals surface area (Å²) in [5, 5.41) is 26.2. The van der Waals surface area contributed by atoms with Gasteiger partial charge in [-0.2, -0.15) is 5.21 Å². The van der Waals surface area contributed by atoms with Crippen LogP contribution in [0.25, 0.3) is 28.2 Å². The Morgan fingerprint density at radius 1 is 1.00 bits per heavy atom. The number of aliphatic hydroxyl groups excluding tert-OH is 1. The second-order valence-corrected chi connectivity index (χ2v) is 7.98. The molecule has 0 spiro atoms. The molecular formula is C25H24N6O. The molecule has 5 aromatic rings. The Kier molecular flexibility index (Phi) is 5.03. The minimum Gasteiger partial charge on any atom is -0.382 e. The van der Waals surface area contributed by atoms with E-state index in [0.29, 0.717) is 5.82 Å². The number of H-pyrrole nitrogens is 1. The fourth-order valence-electron chi connectivity index (χ4n) is 4.28. The van der Waals surface area contributed by atoms with Crippen LogP contribution in [0.4, 0.5) is 0 Å². The lowest BCUT2D eigenvalue weighted by atomic mass is 9.93. The number of nitrogens with one attached hydrogen (secondary N) is 1. The Morgan fingerprint density at radius 2 is 1.81 bits per heavy atom. The Bertz CT molecular complexity index is 1390. The van der Waals surface area contributed by atoms with Gasteiger partial charge in [-0.25, -0.2) is 4.98 Å². The molecule has 2 aromatic carbocycles. The van der Waals surface area contributed by atoms with Crippen LogP contribution in [0.15, 0.2) is 60.8 Å².